The second-order valence-electron chi connectivity index (χ2n) is 3.28. The minimum absolute atomic E-state index is 0.0631. The van der Waals surface area contributed by atoms with Crippen LogP contribution in [0.15, 0.2) is 18.2 Å². The molecule has 88 valence electrons. The van der Waals surface area contributed by atoms with Gasteiger partial charge in [-0.3, -0.25) is 0 Å². The fraction of sp³-hybridized carbons (Fsp3) is 0.300. The topological polar surface area (TPSA) is 104 Å². The van der Waals surface area contributed by atoms with Crippen LogP contribution in [0.3, 0.4) is 0 Å². The molecule has 0 amide bonds. The van der Waals surface area contributed by atoms with Crippen molar-refractivity contribution in [2.24, 2.45) is 5.73 Å². The summed E-state index contributed by atoms with van der Waals surface area (Å²) in [5.74, 6) is -2.10. The lowest BCUT2D eigenvalue weighted by Gasteiger charge is -2.18. The van der Waals surface area contributed by atoms with Gasteiger partial charge in [0.1, 0.15) is 11.9 Å². The molecule has 1 aromatic carbocycles. The van der Waals surface area contributed by atoms with Gasteiger partial charge in [0.2, 0.25) is 0 Å². The van der Waals surface area contributed by atoms with Gasteiger partial charge in [0.05, 0.1) is 11.7 Å². The number of aliphatic hydroxyl groups excluding tert-OH is 2. The Morgan fingerprint density at radius 1 is 1.44 bits per heavy atom. The smallest absolute Gasteiger partial charge is 0.336 e. The normalized spacial score (nSPS) is 14.5. The Hall–Kier alpha value is -1.50. The van der Waals surface area contributed by atoms with E-state index in [0.717, 1.165) is 18.2 Å². The molecule has 0 spiro atoms. The van der Waals surface area contributed by atoms with Crippen molar-refractivity contribution in [2.75, 3.05) is 6.54 Å². The molecule has 0 radical (unpaired) electrons. The molecule has 0 aliphatic heterocycles. The highest BCUT2D eigenvalue weighted by atomic mass is 19.1. The summed E-state index contributed by atoms with van der Waals surface area (Å²) in [6.45, 7) is -0.225. The molecule has 0 heterocycles. The third-order valence-corrected chi connectivity index (χ3v) is 2.17. The summed E-state index contributed by atoms with van der Waals surface area (Å²) in [4.78, 5) is 10.8. The molecule has 2 atom stereocenters. The van der Waals surface area contributed by atoms with Crippen molar-refractivity contribution < 1.29 is 24.5 Å². The van der Waals surface area contributed by atoms with E-state index in [9.17, 15) is 19.4 Å². The maximum Gasteiger partial charge on any atom is 0.336 e. The first-order chi connectivity index (χ1) is 7.47. The van der Waals surface area contributed by atoms with Gasteiger partial charge in [-0.2, -0.15) is 0 Å². The van der Waals surface area contributed by atoms with Crippen LogP contribution in [0.5, 0.6) is 0 Å². The van der Waals surface area contributed by atoms with Crippen molar-refractivity contribution >= 4 is 5.97 Å². The number of carboxylic acids is 1. The van der Waals surface area contributed by atoms with Crippen LogP contribution in [0.4, 0.5) is 4.39 Å². The van der Waals surface area contributed by atoms with E-state index in [4.69, 9.17) is 10.8 Å². The van der Waals surface area contributed by atoms with Crippen molar-refractivity contribution in [2.45, 2.75) is 12.2 Å². The molecular formula is C10H12FNO4. The Morgan fingerprint density at radius 2 is 2.06 bits per heavy atom. The molecule has 1 aromatic rings. The van der Waals surface area contributed by atoms with Crippen molar-refractivity contribution in [3.05, 3.63) is 35.1 Å². The van der Waals surface area contributed by atoms with E-state index in [1.807, 2.05) is 0 Å². The van der Waals surface area contributed by atoms with Gasteiger partial charge in [-0.25, -0.2) is 9.18 Å². The zero-order chi connectivity index (χ0) is 12.3. The highest BCUT2D eigenvalue weighted by Gasteiger charge is 2.23. The van der Waals surface area contributed by atoms with E-state index in [0.29, 0.717) is 0 Å². The largest absolute Gasteiger partial charge is 0.478 e. The number of aliphatic hydroxyl groups is 2. The van der Waals surface area contributed by atoms with Gasteiger partial charge in [-0.15, -0.1) is 0 Å². The quantitative estimate of drug-likeness (QED) is 0.576. The standard InChI is InChI=1S/C10H12FNO4/c11-5-1-2-6(7(3-5)10(15)16)9(14)8(13)4-12/h1-3,8-9,13-14H,4,12H2,(H,15,16). The lowest BCUT2D eigenvalue weighted by molar-refractivity contribution is 0.0231. The van der Waals surface area contributed by atoms with Crippen LogP contribution in [0, 0.1) is 5.82 Å². The van der Waals surface area contributed by atoms with Gasteiger partial charge in [0.15, 0.2) is 0 Å². The van der Waals surface area contributed by atoms with Crippen LogP contribution in [0.2, 0.25) is 0 Å². The fourth-order valence-corrected chi connectivity index (χ4v) is 1.31. The SMILES string of the molecule is NCC(O)C(O)c1ccc(F)cc1C(=O)O. The zero-order valence-corrected chi connectivity index (χ0v) is 8.30. The van der Waals surface area contributed by atoms with E-state index < -0.39 is 24.0 Å². The van der Waals surface area contributed by atoms with Crippen LogP contribution in [0.25, 0.3) is 0 Å². The number of carbonyl (C=O) groups is 1. The van der Waals surface area contributed by atoms with Gasteiger partial charge in [-0.1, -0.05) is 6.07 Å². The second kappa shape index (κ2) is 5.02. The van der Waals surface area contributed by atoms with Crippen LogP contribution in [-0.2, 0) is 0 Å². The molecule has 2 unspecified atom stereocenters. The minimum Gasteiger partial charge on any atom is -0.478 e. The van der Waals surface area contributed by atoms with Crippen molar-refractivity contribution in [3.8, 4) is 0 Å². The lowest BCUT2D eigenvalue weighted by atomic mass is 9.98. The molecule has 0 bridgehead atoms. The van der Waals surface area contributed by atoms with E-state index in [-0.39, 0.29) is 17.7 Å². The molecule has 0 aromatic heterocycles. The summed E-state index contributed by atoms with van der Waals surface area (Å²) in [5.41, 5.74) is 4.68. The van der Waals surface area contributed by atoms with Crippen molar-refractivity contribution in [1.82, 2.24) is 0 Å². The molecule has 5 N–H and O–H groups in total. The molecule has 5 nitrogen and oxygen atoms in total. The summed E-state index contributed by atoms with van der Waals surface area (Å²) in [5, 5.41) is 27.7. The second-order valence-corrected chi connectivity index (χ2v) is 3.28. The molecule has 1 rings (SSSR count). The highest BCUT2D eigenvalue weighted by Crippen LogP contribution is 2.22. The molecular weight excluding hydrogens is 217 g/mol. The number of halogens is 1. The molecule has 16 heavy (non-hydrogen) atoms. The highest BCUT2D eigenvalue weighted by molar-refractivity contribution is 5.89. The number of benzene rings is 1. The van der Waals surface area contributed by atoms with E-state index in [1.165, 1.54) is 0 Å². The van der Waals surface area contributed by atoms with Gasteiger partial charge >= 0.3 is 5.97 Å². The first kappa shape index (κ1) is 12.6. The Balaban J connectivity index is 3.17. The average molecular weight is 229 g/mol. The number of aromatic carboxylic acids is 1. The third kappa shape index (κ3) is 2.54. The van der Waals surface area contributed by atoms with Gasteiger partial charge in [0, 0.05) is 6.54 Å². The molecule has 6 heteroatoms. The number of hydrogen-bond acceptors (Lipinski definition) is 4. The average Bonchev–Trinajstić information content (AvgIpc) is 2.26. The van der Waals surface area contributed by atoms with Crippen LogP contribution in [0.1, 0.15) is 22.0 Å². The predicted molar refractivity (Wildman–Crippen MR) is 53.4 cm³/mol. The molecule has 0 fully saturated rings. The maximum absolute atomic E-state index is 12.8. The zero-order valence-electron chi connectivity index (χ0n) is 8.30. The molecule has 0 saturated heterocycles. The first-order valence-electron chi connectivity index (χ1n) is 4.56. The number of carboxylic acid groups (broad SMARTS) is 1. The van der Waals surface area contributed by atoms with Crippen molar-refractivity contribution in [3.63, 3.8) is 0 Å². The Morgan fingerprint density at radius 3 is 2.56 bits per heavy atom. The van der Waals surface area contributed by atoms with Gasteiger partial charge in [-0.05, 0) is 17.7 Å². The first-order valence-corrected chi connectivity index (χ1v) is 4.56. The molecule has 0 saturated carbocycles. The fourth-order valence-electron chi connectivity index (χ4n) is 1.31. The molecule has 0 aliphatic rings. The Kier molecular flexibility index (Phi) is 3.94. The predicted octanol–water partition coefficient (Wildman–Crippen LogP) is -0.123. The third-order valence-electron chi connectivity index (χ3n) is 2.17. The van der Waals surface area contributed by atoms with E-state index in [1.54, 1.807) is 0 Å². The van der Waals surface area contributed by atoms with Gasteiger partial charge in [0.25, 0.3) is 0 Å². The number of hydrogen-bond donors (Lipinski definition) is 4. The Bertz CT molecular complexity index is 396. The van der Waals surface area contributed by atoms with Crippen LogP contribution in [-0.4, -0.2) is 33.9 Å². The van der Waals surface area contributed by atoms with E-state index in [2.05, 4.69) is 0 Å². The summed E-state index contributed by atoms with van der Waals surface area (Å²) >= 11 is 0. The summed E-state index contributed by atoms with van der Waals surface area (Å²) in [7, 11) is 0. The van der Waals surface area contributed by atoms with Crippen molar-refractivity contribution in [1.29, 1.82) is 0 Å². The number of rotatable bonds is 4. The Labute approximate surface area is 90.9 Å². The summed E-state index contributed by atoms with van der Waals surface area (Å²) in [6, 6.07) is 2.90. The summed E-state index contributed by atoms with van der Waals surface area (Å²) in [6.07, 6.45) is -2.74. The minimum atomic E-state index is -1.45. The number of nitrogens with two attached hydrogens (primary N) is 1. The lowest BCUT2D eigenvalue weighted by Crippen LogP contribution is -2.28. The van der Waals surface area contributed by atoms with Gasteiger partial charge < -0.3 is 21.1 Å². The van der Waals surface area contributed by atoms with Crippen LogP contribution >= 0.6 is 0 Å². The maximum atomic E-state index is 12.8. The summed E-state index contributed by atoms with van der Waals surface area (Å²) < 4.78 is 12.8. The van der Waals surface area contributed by atoms with Crippen LogP contribution < -0.4 is 5.73 Å². The van der Waals surface area contributed by atoms with E-state index >= 15 is 0 Å². The molecule has 0 aliphatic carbocycles. The monoisotopic (exact) mass is 229 g/mol.